The molecule has 2 rings (SSSR count). The molecule has 0 bridgehead atoms. The van der Waals surface area contributed by atoms with Crippen LogP contribution in [0.3, 0.4) is 0 Å². The minimum atomic E-state index is 0.473. The highest BCUT2D eigenvalue weighted by Crippen LogP contribution is 2.29. The topological polar surface area (TPSA) is 12.0 Å². The summed E-state index contributed by atoms with van der Waals surface area (Å²) in [5, 5.41) is 4.67. The number of nitrogens with one attached hydrogen (secondary N) is 1. The summed E-state index contributed by atoms with van der Waals surface area (Å²) in [4.78, 5) is 0. The third-order valence-corrected chi connectivity index (χ3v) is 5.32. The molecule has 1 fully saturated rings. The number of aryl methyl sites for hydroxylation is 1. The van der Waals surface area contributed by atoms with Gasteiger partial charge in [-0.3, -0.25) is 0 Å². The fourth-order valence-electron chi connectivity index (χ4n) is 3.02. The normalized spacial score (nSPS) is 24.6. The monoisotopic (exact) mass is 277 g/mol. The summed E-state index contributed by atoms with van der Waals surface area (Å²) in [5.41, 5.74) is 2.88. The molecule has 3 unspecified atom stereocenters. The minimum absolute atomic E-state index is 0.473. The predicted molar refractivity (Wildman–Crippen MR) is 86.9 cm³/mol. The highest BCUT2D eigenvalue weighted by Gasteiger charge is 2.24. The van der Waals surface area contributed by atoms with Crippen molar-refractivity contribution in [1.82, 2.24) is 5.32 Å². The zero-order valence-corrected chi connectivity index (χ0v) is 13.3. The van der Waals surface area contributed by atoms with E-state index in [0.717, 1.165) is 5.25 Å². The van der Waals surface area contributed by atoms with Crippen molar-refractivity contribution in [3.05, 3.63) is 35.4 Å². The van der Waals surface area contributed by atoms with Gasteiger partial charge < -0.3 is 5.32 Å². The summed E-state index contributed by atoms with van der Waals surface area (Å²) in [7, 11) is 0. The molecule has 3 atom stereocenters. The lowest BCUT2D eigenvalue weighted by atomic mass is 10.0. The van der Waals surface area contributed by atoms with Crippen molar-refractivity contribution < 1.29 is 0 Å². The molecule has 1 aromatic rings. The first-order chi connectivity index (χ1) is 9.22. The minimum Gasteiger partial charge on any atom is -0.307 e. The summed E-state index contributed by atoms with van der Waals surface area (Å²) in [6, 6.07) is 10.4. The maximum absolute atomic E-state index is 3.80. The lowest BCUT2D eigenvalue weighted by Gasteiger charge is -2.20. The van der Waals surface area contributed by atoms with Crippen LogP contribution in [-0.4, -0.2) is 17.5 Å². The Morgan fingerprint density at radius 1 is 1.26 bits per heavy atom. The predicted octanol–water partition coefficient (Wildman–Crippen LogP) is 4.57. The van der Waals surface area contributed by atoms with Crippen molar-refractivity contribution in [2.45, 2.75) is 63.3 Å². The van der Waals surface area contributed by atoms with Crippen molar-refractivity contribution in [2.75, 3.05) is 6.26 Å². The van der Waals surface area contributed by atoms with Gasteiger partial charge in [-0.05, 0) is 50.0 Å². The molecule has 0 heterocycles. The largest absolute Gasteiger partial charge is 0.307 e. The molecule has 1 aromatic carbocycles. The molecule has 1 aliphatic carbocycles. The maximum Gasteiger partial charge on any atom is 0.0294 e. The third kappa shape index (κ3) is 4.25. The van der Waals surface area contributed by atoms with E-state index in [1.54, 1.807) is 0 Å². The van der Waals surface area contributed by atoms with Crippen LogP contribution in [0.5, 0.6) is 0 Å². The van der Waals surface area contributed by atoms with E-state index in [4.69, 9.17) is 0 Å². The molecule has 1 N–H and O–H groups in total. The Kier molecular flexibility index (Phi) is 5.77. The zero-order chi connectivity index (χ0) is 13.7. The first kappa shape index (κ1) is 14.9. The average molecular weight is 277 g/mol. The summed E-state index contributed by atoms with van der Waals surface area (Å²) >= 11 is 2.03. The van der Waals surface area contributed by atoms with Crippen molar-refractivity contribution in [1.29, 1.82) is 0 Å². The van der Waals surface area contributed by atoms with Crippen LogP contribution in [0.2, 0.25) is 0 Å². The third-order valence-electron chi connectivity index (χ3n) is 4.22. The molecule has 2 heteroatoms. The van der Waals surface area contributed by atoms with Crippen molar-refractivity contribution in [3.8, 4) is 0 Å². The summed E-state index contributed by atoms with van der Waals surface area (Å²) in [5.74, 6) is 0. The van der Waals surface area contributed by atoms with Crippen molar-refractivity contribution in [2.24, 2.45) is 0 Å². The van der Waals surface area contributed by atoms with Crippen LogP contribution >= 0.6 is 11.8 Å². The Morgan fingerprint density at radius 2 is 2.00 bits per heavy atom. The lowest BCUT2D eigenvalue weighted by Crippen LogP contribution is -2.29. The van der Waals surface area contributed by atoms with Gasteiger partial charge in [0, 0.05) is 17.3 Å². The molecule has 0 saturated heterocycles. The van der Waals surface area contributed by atoms with Crippen LogP contribution in [0, 0.1) is 0 Å². The summed E-state index contributed by atoms with van der Waals surface area (Å²) in [6.07, 6.45) is 8.71. The quantitative estimate of drug-likeness (QED) is 0.817. The van der Waals surface area contributed by atoms with Gasteiger partial charge >= 0.3 is 0 Å². The van der Waals surface area contributed by atoms with E-state index in [9.17, 15) is 0 Å². The van der Waals surface area contributed by atoms with Gasteiger partial charge in [-0.25, -0.2) is 0 Å². The van der Waals surface area contributed by atoms with E-state index < -0.39 is 0 Å². The van der Waals surface area contributed by atoms with E-state index in [2.05, 4.69) is 49.7 Å². The Balaban J connectivity index is 1.87. The Hall–Kier alpha value is -0.470. The lowest BCUT2D eigenvalue weighted by molar-refractivity contribution is 0.462. The molecule has 0 radical (unpaired) electrons. The van der Waals surface area contributed by atoms with Gasteiger partial charge in [-0.2, -0.15) is 11.8 Å². The number of hydrogen-bond acceptors (Lipinski definition) is 2. The standard InChI is InChI=1S/C17H27NS/c1-4-5-14-6-8-15(9-7-14)13(2)18-16-10-11-17(12-16)19-3/h6-9,13,16-18H,4-5,10-12H2,1-3H3. The van der Waals surface area contributed by atoms with Crippen LogP contribution in [0.4, 0.5) is 0 Å². The first-order valence-corrected chi connectivity index (χ1v) is 8.89. The summed E-state index contributed by atoms with van der Waals surface area (Å²) in [6.45, 7) is 4.53. The molecule has 0 spiro atoms. The van der Waals surface area contributed by atoms with E-state index in [1.165, 1.54) is 43.2 Å². The molecular formula is C17H27NS. The Labute approximate surface area is 122 Å². The van der Waals surface area contributed by atoms with Crippen LogP contribution in [-0.2, 0) is 6.42 Å². The van der Waals surface area contributed by atoms with Gasteiger partial charge in [0.05, 0.1) is 0 Å². The molecule has 19 heavy (non-hydrogen) atoms. The maximum atomic E-state index is 3.80. The zero-order valence-electron chi connectivity index (χ0n) is 12.5. The smallest absolute Gasteiger partial charge is 0.0294 e. The van der Waals surface area contributed by atoms with Crippen molar-refractivity contribution in [3.63, 3.8) is 0 Å². The van der Waals surface area contributed by atoms with E-state index >= 15 is 0 Å². The average Bonchev–Trinajstić information content (AvgIpc) is 2.87. The van der Waals surface area contributed by atoms with Gasteiger partial charge in [0.25, 0.3) is 0 Å². The van der Waals surface area contributed by atoms with Gasteiger partial charge in [-0.15, -0.1) is 0 Å². The summed E-state index contributed by atoms with van der Waals surface area (Å²) < 4.78 is 0. The van der Waals surface area contributed by atoms with Crippen LogP contribution in [0.1, 0.15) is 56.7 Å². The van der Waals surface area contributed by atoms with Crippen LogP contribution in [0.15, 0.2) is 24.3 Å². The Morgan fingerprint density at radius 3 is 2.58 bits per heavy atom. The SMILES string of the molecule is CCCc1ccc(C(C)NC2CCC(SC)C2)cc1. The fourth-order valence-corrected chi connectivity index (χ4v) is 3.81. The van der Waals surface area contributed by atoms with Gasteiger partial charge in [0.2, 0.25) is 0 Å². The van der Waals surface area contributed by atoms with Gasteiger partial charge in [0.1, 0.15) is 0 Å². The fraction of sp³-hybridized carbons (Fsp3) is 0.647. The van der Waals surface area contributed by atoms with Crippen molar-refractivity contribution >= 4 is 11.8 Å². The second kappa shape index (κ2) is 7.35. The second-order valence-electron chi connectivity index (χ2n) is 5.75. The molecule has 0 aliphatic heterocycles. The van der Waals surface area contributed by atoms with E-state index in [1.807, 2.05) is 11.8 Å². The Bertz CT molecular complexity index is 373. The molecule has 106 valence electrons. The van der Waals surface area contributed by atoms with Crippen LogP contribution in [0.25, 0.3) is 0 Å². The highest BCUT2D eigenvalue weighted by atomic mass is 32.2. The van der Waals surface area contributed by atoms with E-state index in [0.29, 0.717) is 12.1 Å². The molecular weight excluding hydrogens is 250 g/mol. The first-order valence-electron chi connectivity index (χ1n) is 7.60. The molecule has 0 aromatic heterocycles. The highest BCUT2D eigenvalue weighted by molar-refractivity contribution is 7.99. The molecule has 1 saturated carbocycles. The van der Waals surface area contributed by atoms with E-state index in [-0.39, 0.29) is 0 Å². The second-order valence-corrected chi connectivity index (χ2v) is 6.89. The van der Waals surface area contributed by atoms with Crippen LogP contribution < -0.4 is 5.32 Å². The number of hydrogen-bond donors (Lipinski definition) is 1. The van der Waals surface area contributed by atoms with Gasteiger partial charge in [-0.1, -0.05) is 37.6 Å². The number of benzene rings is 1. The molecule has 1 nitrogen and oxygen atoms in total. The number of thioether (sulfide) groups is 1. The molecule has 1 aliphatic rings. The molecule has 0 amide bonds. The number of rotatable bonds is 6. The van der Waals surface area contributed by atoms with Gasteiger partial charge in [0.15, 0.2) is 0 Å².